The number of hydrogen-bond donors (Lipinski definition) is 2. The summed E-state index contributed by atoms with van der Waals surface area (Å²) in [6.45, 7) is 2.54. The fourth-order valence-electron chi connectivity index (χ4n) is 5.71. The zero-order valence-corrected chi connectivity index (χ0v) is 24.8. The van der Waals surface area contributed by atoms with Crippen molar-refractivity contribution in [3.05, 3.63) is 119 Å². The first-order chi connectivity index (χ1) is 22.2. The van der Waals surface area contributed by atoms with E-state index in [1.165, 1.54) is 28.2 Å². The molecule has 1 aliphatic heterocycles. The van der Waals surface area contributed by atoms with Gasteiger partial charge in [0.2, 0.25) is 0 Å². The van der Waals surface area contributed by atoms with Crippen molar-refractivity contribution in [1.82, 2.24) is 29.1 Å². The molecule has 0 spiro atoms. The Morgan fingerprint density at radius 3 is 2.04 bits per heavy atom. The van der Waals surface area contributed by atoms with E-state index in [0.717, 1.165) is 59.9 Å². The van der Waals surface area contributed by atoms with E-state index >= 15 is 0 Å². The van der Waals surface area contributed by atoms with E-state index in [2.05, 4.69) is 25.0 Å². The van der Waals surface area contributed by atoms with E-state index in [0.29, 0.717) is 18.2 Å². The van der Waals surface area contributed by atoms with E-state index < -0.39 is 35.4 Å². The Morgan fingerprint density at radius 2 is 1.46 bits per heavy atom. The molecule has 1 saturated heterocycles. The Hall–Kier alpha value is -5.37. The summed E-state index contributed by atoms with van der Waals surface area (Å²) in [5.41, 5.74) is 0.914. The normalized spacial score (nSPS) is 14.8. The zero-order chi connectivity index (χ0) is 32.3. The summed E-state index contributed by atoms with van der Waals surface area (Å²) in [6.07, 6.45) is 4.56. The Balaban J connectivity index is 1.13. The van der Waals surface area contributed by atoms with E-state index in [9.17, 15) is 23.5 Å². The molecule has 3 aromatic carbocycles. The molecule has 3 heterocycles. The zero-order valence-electron chi connectivity index (χ0n) is 24.8. The van der Waals surface area contributed by atoms with Crippen LogP contribution in [0.5, 0.6) is 0 Å². The van der Waals surface area contributed by atoms with Crippen LogP contribution in [-0.4, -0.2) is 71.5 Å². The van der Waals surface area contributed by atoms with Crippen LogP contribution in [0.15, 0.2) is 90.5 Å². The number of halogens is 2. The number of aliphatic hydroxyl groups is 1. The number of anilines is 2. The first-order valence-electron chi connectivity index (χ1n) is 14.7. The van der Waals surface area contributed by atoms with E-state index in [1.807, 2.05) is 48.5 Å². The van der Waals surface area contributed by atoms with Crippen LogP contribution in [0.3, 0.4) is 0 Å². The van der Waals surface area contributed by atoms with E-state index in [4.69, 9.17) is 5.11 Å². The van der Waals surface area contributed by atoms with Crippen LogP contribution >= 0.6 is 0 Å². The predicted molar refractivity (Wildman–Crippen MR) is 165 cm³/mol. The van der Waals surface area contributed by atoms with Crippen LogP contribution in [0.4, 0.5) is 20.2 Å². The number of piperazine rings is 1. The highest BCUT2D eigenvalue weighted by molar-refractivity contribution is 5.67. The molecular weight excluding hydrogens is 598 g/mol. The first kappa shape index (κ1) is 30.6. The maximum atomic E-state index is 14.8. The topological polar surface area (TPSA) is 135 Å². The van der Waals surface area contributed by atoms with Gasteiger partial charge >= 0.3 is 11.7 Å². The van der Waals surface area contributed by atoms with Gasteiger partial charge in [0.1, 0.15) is 36.2 Å². The Labute approximate surface area is 262 Å². The molecule has 2 N–H and O–H groups in total. The molecule has 1 aliphatic rings. The number of carboxylic acid groups (broad SMARTS) is 1. The molecule has 1 unspecified atom stereocenters. The van der Waals surface area contributed by atoms with Crippen molar-refractivity contribution in [3.63, 3.8) is 0 Å². The van der Waals surface area contributed by atoms with Gasteiger partial charge in [-0.05, 0) is 54.4 Å². The fraction of sp³-hybridized carbons (Fsp3) is 0.281. The molecule has 0 amide bonds. The molecule has 0 radical (unpaired) electrons. The predicted octanol–water partition coefficient (Wildman–Crippen LogP) is 2.84. The lowest BCUT2D eigenvalue weighted by Gasteiger charge is -2.37. The molecule has 0 bridgehead atoms. The maximum absolute atomic E-state index is 14.8. The minimum absolute atomic E-state index is 0.112. The number of hydrogen-bond acceptors (Lipinski definition) is 8. The SMILES string of the molecule is O=C(O)CCc1ccc(N2CCN(c3ccc(-n4cnn(CC(O)(Cn5cncn5)c5ccc(F)cc5F)c4=O)cc3)CC2)cc1. The second-order valence-electron chi connectivity index (χ2n) is 11.2. The summed E-state index contributed by atoms with van der Waals surface area (Å²) in [4.78, 5) is 32.6. The molecule has 238 valence electrons. The van der Waals surface area contributed by atoms with Crippen molar-refractivity contribution in [2.75, 3.05) is 36.0 Å². The third-order valence-electron chi connectivity index (χ3n) is 8.17. The average Bonchev–Trinajstić information content (AvgIpc) is 3.69. The molecule has 1 atom stereocenters. The quantitative estimate of drug-likeness (QED) is 0.226. The van der Waals surface area contributed by atoms with Gasteiger partial charge in [0.05, 0.1) is 18.8 Å². The average molecular weight is 631 g/mol. The van der Waals surface area contributed by atoms with Gasteiger partial charge in [-0.15, -0.1) is 0 Å². The lowest BCUT2D eigenvalue weighted by molar-refractivity contribution is -0.136. The number of benzene rings is 3. The summed E-state index contributed by atoms with van der Waals surface area (Å²) in [5, 5.41) is 28.7. The van der Waals surface area contributed by atoms with E-state index in [1.54, 1.807) is 0 Å². The third kappa shape index (κ3) is 6.66. The van der Waals surface area contributed by atoms with Crippen molar-refractivity contribution >= 4 is 17.3 Å². The number of aromatic nitrogens is 6. The van der Waals surface area contributed by atoms with Crippen molar-refractivity contribution in [2.45, 2.75) is 31.5 Å². The lowest BCUT2D eigenvalue weighted by Crippen LogP contribution is -2.46. The number of aryl methyl sites for hydroxylation is 1. The molecule has 12 nitrogen and oxygen atoms in total. The molecule has 6 rings (SSSR count). The first-order valence-corrected chi connectivity index (χ1v) is 14.7. The number of nitrogens with zero attached hydrogens (tertiary/aromatic N) is 8. The summed E-state index contributed by atoms with van der Waals surface area (Å²) >= 11 is 0. The lowest BCUT2D eigenvalue weighted by atomic mass is 9.93. The molecule has 0 aliphatic carbocycles. The molecular formula is C32H32F2N8O4. The molecule has 14 heteroatoms. The Bertz CT molecular complexity index is 1850. The number of carbonyl (C=O) groups is 1. The number of aliphatic carboxylic acids is 1. The van der Waals surface area contributed by atoms with Gasteiger partial charge in [-0.2, -0.15) is 10.2 Å². The molecule has 1 fully saturated rings. The highest BCUT2D eigenvalue weighted by Crippen LogP contribution is 2.28. The highest BCUT2D eigenvalue weighted by Gasteiger charge is 2.35. The van der Waals surface area contributed by atoms with Gasteiger partial charge in [-0.25, -0.2) is 32.5 Å². The van der Waals surface area contributed by atoms with Crippen molar-refractivity contribution < 1.29 is 23.8 Å². The monoisotopic (exact) mass is 630 g/mol. The summed E-state index contributed by atoms with van der Waals surface area (Å²) < 4.78 is 32.1. The summed E-state index contributed by atoms with van der Waals surface area (Å²) in [6, 6.07) is 18.4. The van der Waals surface area contributed by atoms with Gasteiger partial charge in [0, 0.05) is 55.6 Å². The van der Waals surface area contributed by atoms with Gasteiger partial charge in [0.25, 0.3) is 0 Å². The van der Waals surface area contributed by atoms with Crippen LogP contribution in [0.1, 0.15) is 17.5 Å². The second-order valence-corrected chi connectivity index (χ2v) is 11.2. The van der Waals surface area contributed by atoms with Crippen molar-refractivity contribution in [3.8, 4) is 5.69 Å². The highest BCUT2D eigenvalue weighted by atomic mass is 19.1. The molecule has 5 aromatic rings. The Morgan fingerprint density at radius 1 is 0.826 bits per heavy atom. The minimum Gasteiger partial charge on any atom is -0.481 e. The standard InChI is InChI=1S/C32H32F2N8O4/c33-24-4-11-28(29(34)17-24)32(46,18-40-21-35-20-36-40)19-42-31(45)41(22-37-42)27-9-7-26(8-10-27)39-15-13-38(14-16-39)25-5-1-23(2-6-25)3-12-30(43)44/h1-2,4-11,17,20-22,46H,3,12-16,18-19H2,(H,43,44). The van der Waals surface area contributed by atoms with Crippen molar-refractivity contribution in [2.24, 2.45) is 0 Å². The fourth-order valence-corrected chi connectivity index (χ4v) is 5.71. The minimum atomic E-state index is -2.00. The largest absolute Gasteiger partial charge is 0.481 e. The van der Waals surface area contributed by atoms with Crippen LogP contribution in [0.25, 0.3) is 5.69 Å². The van der Waals surface area contributed by atoms with E-state index in [-0.39, 0.29) is 18.5 Å². The van der Waals surface area contributed by atoms with Gasteiger partial charge in [-0.1, -0.05) is 18.2 Å². The van der Waals surface area contributed by atoms with Crippen LogP contribution < -0.4 is 15.5 Å². The maximum Gasteiger partial charge on any atom is 0.350 e. The van der Waals surface area contributed by atoms with Crippen LogP contribution in [0.2, 0.25) is 0 Å². The van der Waals surface area contributed by atoms with Crippen LogP contribution in [-0.2, 0) is 29.9 Å². The van der Waals surface area contributed by atoms with Gasteiger partial charge in [-0.3, -0.25) is 4.79 Å². The van der Waals surface area contributed by atoms with Gasteiger partial charge in [0.15, 0.2) is 0 Å². The molecule has 0 saturated carbocycles. The molecule has 2 aromatic heterocycles. The summed E-state index contributed by atoms with van der Waals surface area (Å²) in [7, 11) is 0. The number of carboxylic acids is 1. The summed E-state index contributed by atoms with van der Waals surface area (Å²) in [5.74, 6) is -2.56. The van der Waals surface area contributed by atoms with Crippen molar-refractivity contribution in [1.29, 1.82) is 0 Å². The Kier molecular flexibility index (Phi) is 8.61. The smallest absolute Gasteiger partial charge is 0.350 e. The second kappa shape index (κ2) is 12.9. The third-order valence-corrected chi connectivity index (χ3v) is 8.17. The molecule has 46 heavy (non-hydrogen) atoms. The van der Waals surface area contributed by atoms with Crippen LogP contribution in [0, 0.1) is 11.6 Å². The number of rotatable bonds is 11. The van der Waals surface area contributed by atoms with Gasteiger partial charge < -0.3 is 20.0 Å².